The van der Waals surface area contributed by atoms with Crippen LogP contribution in [0, 0.1) is 11.8 Å². The Morgan fingerprint density at radius 2 is 1.88 bits per heavy atom. The number of rotatable bonds is 5. The Balaban J connectivity index is 0.00000243. The van der Waals surface area contributed by atoms with Crippen LogP contribution in [0.25, 0.3) is 0 Å². The molecule has 2 aliphatic rings. The van der Waals surface area contributed by atoms with Gasteiger partial charge >= 0.3 is 0 Å². The molecule has 0 saturated heterocycles. The van der Waals surface area contributed by atoms with Crippen LogP contribution < -0.4 is 15.8 Å². The van der Waals surface area contributed by atoms with E-state index in [1.807, 2.05) is 6.07 Å². The molecule has 2 fully saturated rings. The van der Waals surface area contributed by atoms with Gasteiger partial charge in [-0.05, 0) is 55.2 Å². The summed E-state index contributed by atoms with van der Waals surface area (Å²) in [7, 11) is -3.32. The molecule has 2 unspecified atom stereocenters. The second-order valence-corrected chi connectivity index (χ2v) is 9.28. The fourth-order valence-corrected chi connectivity index (χ4v) is 4.96. The van der Waals surface area contributed by atoms with Gasteiger partial charge in [-0.3, -0.25) is 9.52 Å². The Bertz CT molecular complexity index is 727. The maximum Gasteiger partial charge on any atom is 0.229 e. The molecule has 146 valence electrons. The second kappa shape index (κ2) is 8.59. The lowest BCUT2D eigenvalue weighted by Gasteiger charge is -2.45. The van der Waals surface area contributed by atoms with Gasteiger partial charge in [0.2, 0.25) is 15.9 Å². The number of anilines is 1. The van der Waals surface area contributed by atoms with Gasteiger partial charge in [-0.1, -0.05) is 18.6 Å². The number of carbonyl (C=O) groups excluding carboxylic acids is 1. The molecule has 0 aliphatic heterocycles. The molecule has 1 aromatic carbocycles. The SMILES string of the molecule is CS(=O)(=O)Nc1cccc(CC(=O)NC2C3CCCC2CC(N)C3)c1.Cl. The third kappa shape index (κ3) is 5.59. The number of benzene rings is 1. The van der Waals surface area contributed by atoms with Crippen molar-refractivity contribution in [1.29, 1.82) is 0 Å². The van der Waals surface area contributed by atoms with Crippen molar-refractivity contribution >= 4 is 34.0 Å². The number of hydrogen-bond acceptors (Lipinski definition) is 4. The zero-order valence-electron chi connectivity index (χ0n) is 15.0. The zero-order chi connectivity index (χ0) is 18.0. The van der Waals surface area contributed by atoms with Gasteiger partial charge in [0.25, 0.3) is 0 Å². The molecule has 0 radical (unpaired) electrons. The molecule has 2 aliphatic carbocycles. The highest BCUT2D eigenvalue weighted by atomic mass is 35.5. The molecule has 0 aromatic heterocycles. The molecule has 2 atom stereocenters. The minimum absolute atomic E-state index is 0. The quantitative estimate of drug-likeness (QED) is 0.702. The highest BCUT2D eigenvalue weighted by Crippen LogP contribution is 2.39. The van der Waals surface area contributed by atoms with Gasteiger partial charge in [0, 0.05) is 17.8 Å². The van der Waals surface area contributed by atoms with Crippen LogP contribution in [-0.4, -0.2) is 32.7 Å². The van der Waals surface area contributed by atoms with E-state index < -0.39 is 10.0 Å². The molecule has 2 bridgehead atoms. The topological polar surface area (TPSA) is 101 Å². The summed E-state index contributed by atoms with van der Waals surface area (Å²) in [4.78, 5) is 12.5. The summed E-state index contributed by atoms with van der Waals surface area (Å²) in [5.74, 6) is 0.975. The van der Waals surface area contributed by atoms with Crippen LogP contribution in [0.2, 0.25) is 0 Å². The normalized spacial score (nSPS) is 27.9. The summed E-state index contributed by atoms with van der Waals surface area (Å²) in [6.45, 7) is 0. The predicted octanol–water partition coefficient (Wildman–Crippen LogP) is 2.04. The lowest BCUT2D eigenvalue weighted by atomic mass is 9.67. The molecule has 4 N–H and O–H groups in total. The van der Waals surface area contributed by atoms with E-state index in [2.05, 4.69) is 10.0 Å². The molecular weight excluding hydrogens is 374 g/mol. The lowest BCUT2D eigenvalue weighted by molar-refractivity contribution is -0.122. The standard InChI is InChI=1S/C18H27N3O3S.ClH/c1-25(23,24)21-16-7-2-4-12(8-16)9-17(22)20-18-13-5-3-6-14(18)11-15(19)10-13;/h2,4,7-8,13-15,18,21H,3,5-6,9-11,19H2,1H3,(H,20,22);1H. The molecule has 3 rings (SSSR count). The van der Waals surface area contributed by atoms with E-state index in [0.717, 1.165) is 37.5 Å². The van der Waals surface area contributed by atoms with Crippen molar-refractivity contribution in [3.8, 4) is 0 Å². The largest absolute Gasteiger partial charge is 0.353 e. The van der Waals surface area contributed by atoms with Crippen molar-refractivity contribution < 1.29 is 13.2 Å². The molecule has 0 spiro atoms. The molecule has 2 saturated carbocycles. The minimum atomic E-state index is -3.32. The maximum absolute atomic E-state index is 12.5. The van der Waals surface area contributed by atoms with Crippen LogP contribution in [0.3, 0.4) is 0 Å². The smallest absolute Gasteiger partial charge is 0.229 e. The van der Waals surface area contributed by atoms with Crippen LogP contribution in [0.15, 0.2) is 24.3 Å². The number of carbonyl (C=O) groups is 1. The van der Waals surface area contributed by atoms with Gasteiger partial charge in [-0.2, -0.15) is 0 Å². The van der Waals surface area contributed by atoms with E-state index in [4.69, 9.17) is 5.73 Å². The number of nitrogens with one attached hydrogen (secondary N) is 2. The van der Waals surface area contributed by atoms with Crippen LogP contribution in [0.5, 0.6) is 0 Å². The summed E-state index contributed by atoms with van der Waals surface area (Å²) in [5, 5.41) is 3.22. The monoisotopic (exact) mass is 401 g/mol. The van der Waals surface area contributed by atoms with Crippen molar-refractivity contribution in [1.82, 2.24) is 5.32 Å². The zero-order valence-corrected chi connectivity index (χ0v) is 16.6. The third-order valence-electron chi connectivity index (χ3n) is 5.30. The second-order valence-electron chi connectivity index (χ2n) is 7.53. The first-order valence-corrected chi connectivity index (χ1v) is 10.8. The van der Waals surface area contributed by atoms with Crippen molar-refractivity contribution in [2.45, 2.75) is 50.6 Å². The van der Waals surface area contributed by atoms with Crippen molar-refractivity contribution in [3.63, 3.8) is 0 Å². The fraction of sp³-hybridized carbons (Fsp3) is 0.611. The van der Waals surface area contributed by atoms with Gasteiger partial charge in [-0.25, -0.2) is 8.42 Å². The van der Waals surface area contributed by atoms with Gasteiger partial charge in [0.15, 0.2) is 0 Å². The van der Waals surface area contributed by atoms with Crippen LogP contribution >= 0.6 is 12.4 Å². The number of nitrogens with two attached hydrogens (primary N) is 1. The number of halogens is 1. The van der Waals surface area contributed by atoms with Crippen LogP contribution in [0.1, 0.15) is 37.7 Å². The van der Waals surface area contributed by atoms with Crippen molar-refractivity contribution in [2.75, 3.05) is 11.0 Å². The summed E-state index contributed by atoms with van der Waals surface area (Å²) in [6.07, 6.45) is 6.87. The maximum atomic E-state index is 12.5. The highest BCUT2D eigenvalue weighted by molar-refractivity contribution is 7.92. The Morgan fingerprint density at radius 1 is 1.23 bits per heavy atom. The van der Waals surface area contributed by atoms with Gasteiger partial charge in [0.1, 0.15) is 0 Å². The predicted molar refractivity (Wildman–Crippen MR) is 106 cm³/mol. The van der Waals surface area contributed by atoms with Crippen LogP contribution in [-0.2, 0) is 21.2 Å². The summed E-state index contributed by atoms with van der Waals surface area (Å²) in [6, 6.07) is 7.48. The molecule has 1 amide bonds. The first kappa shape index (κ1) is 21.0. The van der Waals surface area contributed by atoms with Gasteiger partial charge < -0.3 is 11.1 Å². The lowest BCUT2D eigenvalue weighted by Crippen LogP contribution is -2.54. The summed E-state index contributed by atoms with van der Waals surface area (Å²) >= 11 is 0. The minimum Gasteiger partial charge on any atom is -0.353 e. The van der Waals surface area contributed by atoms with E-state index in [-0.39, 0.29) is 36.8 Å². The highest BCUT2D eigenvalue weighted by Gasteiger charge is 2.39. The third-order valence-corrected chi connectivity index (χ3v) is 5.91. The Hall–Kier alpha value is -1.31. The molecular formula is C18H28ClN3O3S. The first-order valence-electron chi connectivity index (χ1n) is 8.92. The van der Waals surface area contributed by atoms with Crippen molar-refractivity contribution in [2.24, 2.45) is 17.6 Å². The Kier molecular flexibility index (Phi) is 6.93. The number of amides is 1. The average molecular weight is 402 g/mol. The molecule has 8 heteroatoms. The van der Waals surface area contributed by atoms with E-state index in [0.29, 0.717) is 17.5 Å². The van der Waals surface area contributed by atoms with Crippen molar-refractivity contribution in [3.05, 3.63) is 29.8 Å². The summed E-state index contributed by atoms with van der Waals surface area (Å²) < 4.78 is 25.1. The Morgan fingerprint density at radius 3 is 2.50 bits per heavy atom. The van der Waals surface area contributed by atoms with E-state index in [1.165, 1.54) is 6.42 Å². The fourth-order valence-electron chi connectivity index (χ4n) is 4.41. The molecule has 0 heterocycles. The van der Waals surface area contributed by atoms with E-state index in [1.54, 1.807) is 18.2 Å². The van der Waals surface area contributed by atoms with E-state index in [9.17, 15) is 13.2 Å². The summed E-state index contributed by atoms with van der Waals surface area (Å²) in [5.41, 5.74) is 7.42. The molecule has 26 heavy (non-hydrogen) atoms. The number of fused-ring (bicyclic) bond motifs is 2. The Labute approximate surface area is 161 Å². The number of sulfonamides is 1. The number of hydrogen-bond donors (Lipinski definition) is 3. The van der Waals surface area contributed by atoms with E-state index >= 15 is 0 Å². The molecule has 1 aromatic rings. The van der Waals surface area contributed by atoms with Gasteiger partial charge in [0.05, 0.1) is 12.7 Å². The molecule has 6 nitrogen and oxygen atoms in total. The van der Waals surface area contributed by atoms with Crippen LogP contribution in [0.4, 0.5) is 5.69 Å². The van der Waals surface area contributed by atoms with Gasteiger partial charge in [-0.15, -0.1) is 12.4 Å². The average Bonchev–Trinajstić information content (AvgIpc) is 2.46. The first-order chi connectivity index (χ1) is 11.8.